The Morgan fingerprint density at radius 1 is 0.900 bits per heavy atom. The molecule has 0 aromatic heterocycles. The van der Waals surface area contributed by atoms with Gasteiger partial charge in [-0.15, -0.1) is 0 Å². The van der Waals surface area contributed by atoms with Crippen LogP contribution in [0.1, 0.15) is 64.7 Å². The number of rotatable bonds is 13. The van der Waals surface area contributed by atoms with Gasteiger partial charge in [0.1, 0.15) is 0 Å². The van der Waals surface area contributed by atoms with E-state index in [0.29, 0.717) is 13.2 Å². The lowest BCUT2D eigenvalue weighted by Crippen LogP contribution is -2.09. The Morgan fingerprint density at radius 2 is 1.60 bits per heavy atom. The average Bonchev–Trinajstić information content (AvgIpc) is 2.45. The van der Waals surface area contributed by atoms with E-state index >= 15 is 0 Å². The molecule has 0 N–H and O–H groups in total. The van der Waals surface area contributed by atoms with Crippen LogP contribution in [0.5, 0.6) is 0 Å². The van der Waals surface area contributed by atoms with Crippen LogP contribution in [0.15, 0.2) is 12.2 Å². The van der Waals surface area contributed by atoms with Crippen molar-refractivity contribution >= 4 is 22.1 Å². The van der Waals surface area contributed by atoms with Crippen molar-refractivity contribution in [2.45, 2.75) is 64.7 Å². The second-order valence-electron chi connectivity index (χ2n) is 4.81. The number of halogens is 1. The van der Waals surface area contributed by atoms with Crippen molar-refractivity contribution in [2.75, 3.05) is 18.5 Å². The number of allylic oxidation sites excluding steroid dienone is 1. The molecule has 0 saturated carbocycles. The van der Waals surface area contributed by atoms with Crippen LogP contribution in [0.2, 0.25) is 0 Å². The number of alkyl halides is 1. The first kappa shape index (κ1) is 19.5. The zero-order valence-corrected chi connectivity index (χ0v) is 14.3. The molecule has 0 amide bonds. The van der Waals surface area contributed by atoms with Gasteiger partial charge < -0.3 is 9.47 Å². The molecule has 20 heavy (non-hydrogen) atoms. The third-order valence-electron chi connectivity index (χ3n) is 2.89. The molecule has 0 aliphatic rings. The van der Waals surface area contributed by atoms with Crippen LogP contribution >= 0.6 is 15.9 Å². The van der Waals surface area contributed by atoms with Crippen molar-refractivity contribution in [1.29, 1.82) is 0 Å². The maximum Gasteiger partial charge on any atom is 0.508 e. The predicted octanol–water partition coefficient (Wildman–Crippen LogP) is 5.62. The third kappa shape index (κ3) is 15.5. The lowest BCUT2D eigenvalue weighted by Gasteiger charge is -2.05. The zero-order chi connectivity index (χ0) is 14.9. The molecule has 0 aliphatic carbocycles. The summed E-state index contributed by atoms with van der Waals surface area (Å²) in [5.41, 5.74) is 0. The number of hydrogen-bond acceptors (Lipinski definition) is 3. The molecule has 0 atom stereocenters. The fourth-order valence-corrected chi connectivity index (χ4v) is 2.10. The summed E-state index contributed by atoms with van der Waals surface area (Å²) in [4.78, 5) is 11.2. The van der Waals surface area contributed by atoms with E-state index < -0.39 is 6.16 Å². The van der Waals surface area contributed by atoms with Gasteiger partial charge in [0.15, 0.2) is 0 Å². The summed E-state index contributed by atoms with van der Waals surface area (Å²) < 4.78 is 9.96. The quantitative estimate of drug-likeness (QED) is 0.187. The second-order valence-corrected chi connectivity index (χ2v) is 5.60. The van der Waals surface area contributed by atoms with Gasteiger partial charge in [-0.1, -0.05) is 60.7 Å². The number of carbonyl (C=O) groups is 1. The topological polar surface area (TPSA) is 35.5 Å². The molecular formula is C16H29BrO3. The highest BCUT2D eigenvalue weighted by molar-refractivity contribution is 9.09. The van der Waals surface area contributed by atoms with E-state index in [1.165, 1.54) is 32.1 Å². The van der Waals surface area contributed by atoms with Gasteiger partial charge in [-0.05, 0) is 32.1 Å². The van der Waals surface area contributed by atoms with Crippen LogP contribution < -0.4 is 0 Å². The molecule has 0 heterocycles. The van der Waals surface area contributed by atoms with Crippen molar-refractivity contribution in [1.82, 2.24) is 0 Å². The predicted molar refractivity (Wildman–Crippen MR) is 87.5 cm³/mol. The van der Waals surface area contributed by atoms with E-state index in [2.05, 4.69) is 35.0 Å². The normalized spacial score (nSPS) is 10.9. The van der Waals surface area contributed by atoms with Gasteiger partial charge in [-0.25, -0.2) is 4.79 Å². The summed E-state index contributed by atoms with van der Waals surface area (Å²) in [7, 11) is 0. The molecule has 118 valence electrons. The molecule has 4 heteroatoms. The first-order chi connectivity index (χ1) is 9.81. The molecule has 3 nitrogen and oxygen atoms in total. The van der Waals surface area contributed by atoms with Crippen LogP contribution in [0, 0.1) is 0 Å². The Morgan fingerprint density at radius 3 is 2.35 bits per heavy atom. The van der Waals surface area contributed by atoms with E-state index in [4.69, 9.17) is 9.47 Å². The number of unbranched alkanes of at least 4 members (excludes halogenated alkanes) is 6. The molecule has 0 aliphatic heterocycles. The molecule has 0 saturated heterocycles. The monoisotopic (exact) mass is 348 g/mol. The number of hydrogen-bond donors (Lipinski definition) is 0. The highest BCUT2D eigenvalue weighted by atomic mass is 79.9. The highest BCUT2D eigenvalue weighted by Gasteiger charge is 2.01. The van der Waals surface area contributed by atoms with Crippen molar-refractivity contribution in [3.05, 3.63) is 12.2 Å². The Bertz CT molecular complexity index is 242. The Kier molecular flexibility index (Phi) is 16.1. The van der Waals surface area contributed by atoms with Crippen LogP contribution in [0.4, 0.5) is 4.79 Å². The van der Waals surface area contributed by atoms with Gasteiger partial charge in [-0.2, -0.15) is 0 Å². The average molecular weight is 349 g/mol. The van der Waals surface area contributed by atoms with Gasteiger partial charge in [0, 0.05) is 5.33 Å². The Hall–Kier alpha value is -0.510. The number of ether oxygens (including phenoxy) is 2. The summed E-state index contributed by atoms with van der Waals surface area (Å²) >= 11 is 3.39. The molecule has 0 aromatic rings. The van der Waals surface area contributed by atoms with E-state index in [-0.39, 0.29) is 0 Å². The van der Waals surface area contributed by atoms with E-state index in [1.807, 2.05) is 0 Å². The van der Waals surface area contributed by atoms with Crippen LogP contribution in [-0.2, 0) is 9.47 Å². The minimum absolute atomic E-state index is 0.409. The lowest BCUT2D eigenvalue weighted by molar-refractivity contribution is 0.0553. The summed E-state index contributed by atoms with van der Waals surface area (Å²) in [5.74, 6) is 0. The smallest absolute Gasteiger partial charge is 0.434 e. The highest BCUT2D eigenvalue weighted by Crippen LogP contribution is 2.03. The van der Waals surface area contributed by atoms with Gasteiger partial charge in [0.05, 0.1) is 13.2 Å². The molecule has 0 spiro atoms. The van der Waals surface area contributed by atoms with Crippen molar-refractivity contribution in [2.24, 2.45) is 0 Å². The van der Waals surface area contributed by atoms with Crippen LogP contribution in [0.3, 0.4) is 0 Å². The summed E-state index contributed by atoms with van der Waals surface area (Å²) in [6.45, 7) is 3.07. The minimum Gasteiger partial charge on any atom is -0.434 e. The second kappa shape index (κ2) is 16.5. The van der Waals surface area contributed by atoms with Gasteiger partial charge >= 0.3 is 6.16 Å². The number of carbonyl (C=O) groups excluding carboxylic acids is 1. The first-order valence-electron chi connectivity index (χ1n) is 7.81. The molecule has 0 aromatic carbocycles. The summed E-state index contributed by atoms with van der Waals surface area (Å²) in [6, 6.07) is 0. The Labute approximate surface area is 132 Å². The van der Waals surface area contributed by atoms with Crippen LogP contribution in [-0.4, -0.2) is 24.7 Å². The maximum absolute atomic E-state index is 11.2. The van der Waals surface area contributed by atoms with Crippen LogP contribution in [0.25, 0.3) is 0 Å². The third-order valence-corrected chi connectivity index (χ3v) is 3.45. The van der Waals surface area contributed by atoms with Crippen molar-refractivity contribution < 1.29 is 14.3 Å². The largest absolute Gasteiger partial charge is 0.508 e. The van der Waals surface area contributed by atoms with Gasteiger partial charge in [0.2, 0.25) is 0 Å². The SMILES string of the molecule is CCCCCC=CCCOC(=O)OCCCCCCBr. The summed E-state index contributed by atoms with van der Waals surface area (Å²) in [5, 5.41) is 1.04. The van der Waals surface area contributed by atoms with E-state index in [9.17, 15) is 4.79 Å². The maximum atomic E-state index is 11.2. The van der Waals surface area contributed by atoms with E-state index in [0.717, 1.165) is 31.0 Å². The molecule has 0 bridgehead atoms. The molecule has 0 radical (unpaired) electrons. The molecular weight excluding hydrogens is 320 g/mol. The minimum atomic E-state index is -0.537. The zero-order valence-electron chi connectivity index (χ0n) is 12.7. The molecule has 0 rings (SSSR count). The van der Waals surface area contributed by atoms with Crippen molar-refractivity contribution in [3.8, 4) is 0 Å². The fraction of sp³-hybridized carbons (Fsp3) is 0.812. The first-order valence-corrected chi connectivity index (χ1v) is 8.94. The lowest BCUT2D eigenvalue weighted by atomic mass is 10.2. The van der Waals surface area contributed by atoms with Crippen molar-refractivity contribution in [3.63, 3.8) is 0 Å². The standard InChI is InChI=1S/C16H29BrO3/c1-2-3-4-5-6-8-11-14-19-16(18)20-15-12-9-7-10-13-17/h6,8H,2-5,7,9-15H2,1H3. The molecule has 0 unspecified atom stereocenters. The van der Waals surface area contributed by atoms with Gasteiger partial charge in [0.25, 0.3) is 0 Å². The fourth-order valence-electron chi connectivity index (χ4n) is 1.71. The molecule has 0 fully saturated rings. The Balaban J connectivity index is 3.24. The van der Waals surface area contributed by atoms with E-state index in [1.54, 1.807) is 0 Å². The summed E-state index contributed by atoms with van der Waals surface area (Å²) in [6.07, 6.45) is 13.7. The van der Waals surface area contributed by atoms with Gasteiger partial charge in [-0.3, -0.25) is 0 Å².